The molecule has 0 spiro atoms. The van der Waals surface area contributed by atoms with Crippen molar-refractivity contribution in [1.29, 1.82) is 0 Å². The van der Waals surface area contributed by atoms with Crippen LogP contribution in [0.1, 0.15) is 10.8 Å². The molecule has 3 aromatic rings. The first-order valence-electron chi connectivity index (χ1n) is 8.51. The molecule has 3 heterocycles. The van der Waals surface area contributed by atoms with Gasteiger partial charge in [0.1, 0.15) is 17.3 Å². The van der Waals surface area contributed by atoms with Gasteiger partial charge in [-0.3, -0.25) is 0 Å². The SMILES string of the molecule is S=C(NCc1ccco1)N1CC[NH+](Cc2nc3ccccc3s2)CC1. The minimum absolute atomic E-state index is 0.643. The van der Waals surface area contributed by atoms with E-state index in [4.69, 9.17) is 21.6 Å². The van der Waals surface area contributed by atoms with Gasteiger partial charge in [-0.05, 0) is 36.5 Å². The minimum Gasteiger partial charge on any atom is -0.467 e. The Bertz CT molecular complexity index is 805. The van der Waals surface area contributed by atoms with Crippen LogP contribution in [0.3, 0.4) is 0 Å². The van der Waals surface area contributed by atoms with E-state index < -0.39 is 0 Å². The zero-order chi connectivity index (χ0) is 17.1. The monoisotopic (exact) mass is 373 g/mol. The fourth-order valence-electron chi connectivity index (χ4n) is 3.10. The number of piperazine rings is 1. The molecule has 25 heavy (non-hydrogen) atoms. The predicted molar refractivity (Wildman–Crippen MR) is 104 cm³/mol. The maximum atomic E-state index is 5.51. The molecule has 0 unspecified atom stereocenters. The number of rotatable bonds is 4. The number of nitrogens with one attached hydrogen (secondary N) is 2. The van der Waals surface area contributed by atoms with Crippen LogP contribution >= 0.6 is 23.6 Å². The van der Waals surface area contributed by atoms with Crippen LogP contribution < -0.4 is 10.2 Å². The number of para-hydroxylation sites is 1. The predicted octanol–water partition coefficient (Wildman–Crippen LogP) is 1.66. The second-order valence-electron chi connectivity index (χ2n) is 6.23. The van der Waals surface area contributed by atoms with Crippen molar-refractivity contribution in [3.63, 3.8) is 0 Å². The summed E-state index contributed by atoms with van der Waals surface area (Å²) in [6, 6.07) is 12.2. The molecule has 0 bridgehead atoms. The van der Waals surface area contributed by atoms with Crippen molar-refractivity contribution in [3.8, 4) is 0 Å². The molecule has 130 valence electrons. The van der Waals surface area contributed by atoms with Gasteiger partial charge in [0.05, 0.1) is 49.2 Å². The normalized spacial score (nSPS) is 15.6. The second kappa shape index (κ2) is 7.51. The van der Waals surface area contributed by atoms with Gasteiger partial charge in [0.15, 0.2) is 5.11 Å². The number of benzene rings is 1. The van der Waals surface area contributed by atoms with Gasteiger partial charge in [0.25, 0.3) is 0 Å². The van der Waals surface area contributed by atoms with Gasteiger partial charge in [-0.2, -0.15) is 0 Å². The van der Waals surface area contributed by atoms with Gasteiger partial charge in [-0.25, -0.2) is 4.98 Å². The maximum absolute atomic E-state index is 5.51. The van der Waals surface area contributed by atoms with Crippen LogP contribution in [-0.2, 0) is 13.1 Å². The first-order chi connectivity index (χ1) is 12.3. The number of hydrogen-bond acceptors (Lipinski definition) is 4. The van der Waals surface area contributed by atoms with Gasteiger partial charge in [-0.15, -0.1) is 11.3 Å². The molecule has 2 N–H and O–H groups in total. The molecule has 1 aliphatic rings. The van der Waals surface area contributed by atoms with E-state index >= 15 is 0 Å². The Balaban J connectivity index is 1.27. The van der Waals surface area contributed by atoms with Gasteiger partial charge in [-0.1, -0.05) is 12.1 Å². The summed E-state index contributed by atoms with van der Waals surface area (Å²) < 4.78 is 6.61. The Morgan fingerprint density at radius 1 is 1.24 bits per heavy atom. The van der Waals surface area contributed by atoms with Crippen LogP contribution in [0.2, 0.25) is 0 Å². The van der Waals surface area contributed by atoms with Crippen LogP contribution in [0, 0.1) is 0 Å². The van der Waals surface area contributed by atoms with Crippen LogP contribution in [-0.4, -0.2) is 41.2 Å². The number of thiazole rings is 1. The summed E-state index contributed by atoms with van der Waals surface area (Å²) in [4.78, 5) is 8.58. The highest BCUT2D eigenvalue weighted by Gasteiger charge is 2.22. The fourth-order valence-corrected chi connectivity index (χ4v) is 4.39. The molecular formula is C18H21N4OS2+. The van der Waals surface area contributed by atoms with E-state index in [1.54, 1.807) is 11.2 Å². The van der Waals surface area contributed by atoms with Crippen molar-refractivity contribution in [1.82, 2.24) is 15.2 Å². The number of quaternary nitrogens is 1. The molecule has 1 aliphatic heterocycles. The summed E-state index contributed by atoms with van der Waals surface area (Å²) in [5, 5.41) is 5.32. The highest BCUT2D eigenvalue weighted by molar-refractivity contribution is 7.80. The average Bonchev–Trinajstić information content (AvgIpc) is 3.29. The van der Waals surface area contributed by atoms with E-state index in [0.29, 0.717) is 6.54 Å². The van der Waals surface area contributed by atoms with Crippen LogP contribution in [0.15, 0.2) is 47.1 Å². The van der Waals surface area contributed by atoms with E-state index in [1.807, 2.05) is 29.5 Å². The van der Waals surface area contributed by atoms with Crippen LogP contribution in [0.5, 0.6) is 0 Å². The summed E-state index contributed by atoms with van der Waals surface area (Å²) in [5.74, 6) is 0.905. The molecule has 0 amide bonds. The molecule has 0 radical (unpaired) electrons. The van der Waals surface area contributed by atoms with Crippen molar-refractivity contribution in [2.24, 2.45) is 0 Å². The van der Waals surface area contributed by atoms with E-state index in [9.17, 15) is 0 Å². The number of hydrogen-bond donors (Lipinski definition) is 2. The average molecular weight is 374 g/mol. The quantitative estimate of drug-likeness (QED) is 0.681. The first-order valence-corrected chi connectivity index (χ1v) is 9.73. The lowest BCUT2D eigenvalue weighted by molar-refractivity contribution is -0.917. The van der Waals surface area contributed by atoms with Crippen molar-refractivity contribution in [2.75, 3.05) is 26.2 Å². The number of thiocarbonyl (C=S) groups is 1. The van der Waals surface area contributed by atoms with Gasteiger partial charge < -0.3 is 19.5 Å². The molecule has 7 heteroatoms. The van der Waals surface area contributed by atoms with Gasteiger partial charge >= 0.3 is 0 Å². The van der Waals surface area contributed by atoms with Crippen molar-refractivity contribution in [2.45, 2.75) is 13.1 Å². The fraction of sp³-hybridized carbons (Fsp3) is 0.333. The third kappa shape index (κ3) is 4.00. The summed E-state index contributed by atoms with van der Waals surface area (Å²) in [6.45, 7) is 5.76. The molecule has 2 aromatic heterocycles. The minimum atomic E-state index is 0.643. The lowest BCUT2D eigenvalue weighted by Crippen LogP contribution is -3.13. The standard InChI is InChI=1S/C18H20N4OS2/c24-18(19-12-14-4-3-11-23-14)22-9-7-21(8-10-22)13-17-20-15-5-1-2-6-16(15)25-17/h1-6,11H,7-10,12-13H2,(H,19,24)/p+1. The van der Waals surface area contributed by atoms with Gasteiger partial charge in [0, 0.05) is 0 Å². The van der Waals surface area contributed by atoms with E-state index in [1.165, 1.54) is 9.71 Å². The van der Waals surface area contributed by atoms with Crippen molar-refractivity contribution in [3.05, 3.63) is 53.4 Å². The smallest absolute Gasteiger partial charge is 0.169 e. The van der Waals surface area contributed by atoms with E-state index in [0.717, 1.165) is 49.1 Å². The highest BCUT2D eigenvalue weighted by Crippen LogP contribution is 2.20. The first kappa shape index (κ1) is 16.5. The largest absolute Gasteiger partial charge is 0.467 e. The molecule has 0 saturated carbocycles. The number of furan rings is 1. The summed E-state index contributed by atoms with van der Waals surface area (Å²) in [5.41, 5.74) is 1.11. The number of fused-ring (bicyclic) bond motifs is 1. The molecule has 1 aromatic carbocycles. The molecular weight excluding hydrogens is 352 g/mol. The Morgan fingerprint density at radius 3 is 2.84 bits per heavy atom. The Morgan fingerprint density at radius 2 is 2.08 bits per heavy atom. The zero-order valence-corrected chi connectivity index (χ0v) is 15.5. The third-order valence-electron chi connectivity index (χ3n) is 4.49. The number of nitrogens with zero attached hydrogens (tertiary/aromatic N) is 2. The van der Waals surface area contributed by atoms with Gasteiger partial charge in [0.2, 0.25) is 0 Å². The maximum Gasteiger partial charge on any atom is 0.169 e. The molecule has 1 saturated heterocycles. The Kier molecular flexibility index (Phi) is 4.96. The molecule has 0 aliphatic carbocycles. The second-order valence-corrected chi connectivity index (χ2v) is 7.73. The lowest BCUT2D eigenvalue weighted by atomic mass is 10.3. The Hall–Kier alpha value is -1.96. The highest BCUT2D eigenvalue weighted by atomic mass is 32.1. The molecule has 4 rings (SSSR count). The van der Waals surface area contributed by atoms with E-state index in [2.05, 4.69) is 28.4 Å². The van der Waals surface area contributed by atoms with Crippen molar-refractivity contribution < 1.29 is 9.32 Å². The number of aromatic nitrogens is 1. The zero-order valence-electron chi connectivity index (χ0n) is 13.9. The molecule has 1 fully saturated rings. The summed E-state index contributed by atoms with van der Waals surface area (Å²) >= 11 is 7.32. The molecule has 0 atom stereocenters. The lowest BCUT2D eigenvalue weighted by Gasteiger charge is -2.33. The summed E-state index contributed by atoms with van der Waals surface area (Å²) in [6.07, 6.45) is 1.68. The molecule has 5 nitrogen and oxygen atoms in total. The van der Waals surface area contributed by atoms with Crippen molar-refractivity contribution >= 4 is 38.9 Å². The summed E-state index contributed by atoms with van der Waals surface area (Å²) in [7, 11) is 0. The Labute approximate surface area is 156 Å². The van der Waals surface area contributed by atoms with E-state index in [-0.39, 0.29) is 0 Å². The third-order valence-corrected chi connectivity index (χ3v) is 5.93. The van der Waals surface area contributed by atoms with Crippen LogP contribution in [0.4, 0.5) is 0 Å². The van der Waals surface area contributed by atoms with Crippen LogP contribution in [0.25, 0.3) is 10.2 Å². The topological polar surface area (TPSA) is 45.7 Å².